The molecule has 1 saturated heterocycles. The summed E-state index contributed by atoms with van der Waals surface area (Å²) in [5.74, 6) is 3.80. The molecule has 30 heavy (non-hydrogen) atoms. The first-order chi connectivity index (χ1) is 14.0. The number of carbonyl (C=O) groups excluding carboxylic acids is 4. The van der Waals surface area contributed by atoms with E-state index in [2.05, 4.69) is 16.0 Å². The Morgan fingerprint density at radius 2 is 1.87 bits per heavy atom. The van der Waals surface area contributed by atoms with Crippen molar-refractivity contribution < 1.29 is 28.7 Å². The van der Waals surface area contributed by atoms with Gasteiger partial charge in [-0.25, -0.2) is 10.6 Å². The standard InChI is InChI=1S/C18H33N5O6S/c1-11(21-17(27)29-18(2,3)4)15(25)20-9-13(24)22-12(16(26)23-19)10-30-14-7-5-6-8-28-14/h11-12,14H,5-10,19H2,1-4H3,(H,20,25)(H,21,27)(H,22,24)(H,23,26)/t11-,12+,14-/m0/s1. The molecule has 4 amide bonds. The molecule has 3 atom stereocenters. The molecule has 11 nitrogen and oxygen atoms in total. The number of ether oxygens (including phenoxy) is 2. The van der Waals surface area contributed by atoms with E-state index in [4.69, 9.17) is 15.3 Å². The number of alkyl carbamates (subject to hydrolysis) is 1. The number of hydrogen-bond donors (Lipinski definition) is 5. The molecule has 6 N–H and O–H groups in total. The number of rotatable bonds is 9. The van der Waals surface area contributed by atoms with Crippen LogP contribution in [0.15, 0.2) is 0 Å². The van der Waals surface area contributed by atoms with Crippen molar-refractivity contribution in [3.8, 4) is 0 Å². The first-order valence-electron chi connectivity index (χ1n) is 9.82. The maximum atomic E-state index is 12.2. The summed E-state index contributed by atoms with van der Waals surface area (Å²) in [6.07, 6.45) is 2.21. The molecule has 0 aromatic carbocycles. The maximum absolute atomic E-state index is 12.2. The van der Waals surface area contributed by atoms with Gasteiger partial charge in [-0.1, -0.05) is 0 Å². The highest BCUT2D eigenvalue weighted by molar-refractivity contribution is 7.99. The first-order valence-corrected chi connectivity index (χ1v) is 10.9. The van der Waals surface area contributed by atoms with Gasteiger partial charge in [-0.3, -0.25) is 19.8 Å². The van der Waals surface area contributed by atoms with Crippen LogP contribution >= 0.6 is 11.8 Å². The zero-order chi connectivity index (χ0) is 22.7. The Morgan fingerprint density at radius 1 is 1.17 bits per heavy atom. The van der Waals surface area contributed by atoms with E-state index in [-0.39, 0.29) is 17.7 Å². The zero-order valence-electron chi connectivity index (χ0n) is 17.9. The molecule has 0 saturated carbocycles. The molecule has 0 radical (unpaired) electrons. The summed E-state index contributed by atoms with van der Waals surface area (Å²) in [5, 5.41) is 7.32. The van der Waals surface area contributed by atoms with Crippen LogP contribution < -0.4 is 27.2 Å². The number of thioether (sulfide) groups is 1. The van der Waals surface area contributed by atoms with Crippen molar-refractivity contribution in [3.63, 3.8) is 0 Å². The zero-order valence-corrected chi connectivity index (χ0v) is 18.7. The molecular weight excluding hydrogens is 414 g/mol. The molecule has 1 heterocycles. The van der Waals surface area contributed by atoms with Gasteiger partial charge in [0, 0.05) is 12.4 Å². The summed E-state index contributed by atoms with van der Waals surface area (Å²) in [6, 6.07) is -1.78. The fourth-order valence-corrected chi connectivity index (χ4v) is 3.61. The molecule has 0 bridgehead atoms. The molecule has 0 spiro atoms. The van der Waals surface area contributed by atoms with Crippen LogP contribution in [0.25, 0.3) is 0 Å². The molecule has 172 valence electrons. The first kappa shape index (κ1) is 26.0. The molecule has 0 aromatic rings. The monoisotopic (exact) mass is 447 g/mol. The smallest absolute Gasteiger partial charge is 0.408 e. The number of amides is 4. The Bertz CT molecular complexity index is 606. The van der Waals surface area contributed by atoms with Gasteiger partial charge >= 0.3 is 6.09 Å². The minimum Gasteiger partial charge on any atom is -0.444 e. The van der Waals surface area contributed by atoms with E-state index in [9.17, 15) is 19.2 Å². The van der Waals surface area contributed by atoms with Crippen molar-refractivity contribution in [3.05, 3.63) is 0 Å². The quantitative estimate of drug-likeness (QED) is 0.184. The fourth-order valence-electron chi connectivity index (χ4n) is 2.45. The third-order valence-electron chi connectivity index (χ3n) is 3.93. The predicted molar refractivity (Wildman–Crippen MR) is 112 cm³/mol. The lowest BCUT2D eigenvalue weighted by molar-refractivity contribution is -0.129. The second kappa shape index (κ2) is 12.6. The highest BCUT2D eigenvalue weighted by Gasteiger charge is 2.25. The topological polar surface area (TPSA) is 161 Å². The normalized spacial score (nSPS) is 18.5. The van der Waals surface area contributed by atoms with E-state index in [0.717, 1.165) is 19.3 Å². The van der Waals surface area contributed by atoms with Gasteiger partial charge < -0.3 is 25.4 Å². The van der Waals surface area contributed by atoms with Crippen LogP contribution in [0, 0.1) is 0 Å². The van der Waals surface area contributed by atoms with E-state index in [0.29, 0.717) is 6.61 Å². The van der Waals surface area contributed by atoms with Crippen molar-refractivity contribution >= 4 is 35.6 Å². The van der Waals surface area contributed by atoms with E-state index in [1.165, 1.54) is 18.7 Å². The van der Waals surface area contributed by atoms with Gasteiger partial charge in [0.1, 0.15) is 23.1 Å². The predicted octanol–water partition coefficient (Wildman–Crippen LogP) is -0.250. The Hall–Kier alpha value is -2.05. The number of hydrazine groups is 1. The highest BCUT2D eigenvalue weighted by atomic mass is 32.2. The van der Waals surface area contributed by atoms with Gasteiger partial charge in [-0.2, -0.15) is 0 Å². The van der Waals surface area contributed by atoms with E-state index in [1.54, 1.807) is 20.8 Å². The molecule has 1 aliphatic rings. The third-order valence-corrected chi connectivity index (χ3v) is 5.20. The summed E-state index contributed by atoms with van der Waals surface area (Å²) >= 11 is 1.43. The highest BCUT2D eigenvalue weighted by Crippen LogP contribution is 2.23. The number of carbonyl (C=O) groups is 4. The van der Waals surface area contributed by atoms with E-state index < -0.39 is 41.5 Å². The van der Waals surface area contributed by atoms with Crippen molar-refractivity contribution in [2.75, 3.05) is 18.9 Å². The van der Waals surface area contributed by atoms with Crippen LogP contribution in [-0.4, -0.2) is 65.8 Å². The number of nitrogens with two attached hydrogens (primary N) is 1. The minimum atomic E-state index is -0.908. The van der Waals surface area contributed by atoms with Crippen molar-refractivity contribution in [1.29, 1.82) is 0 Å². The lowest BCUT2D eigenvalue weighted by Crippen LogP contribution is -2.53. The van der Waals surface area contributed by atoms with Crippen molar-refractivity contribution in [2.45, 2.75) is 70.1 Å². The lowest BCUT2D eigenvalue weighted by Gasteiger charge is -2.24. The molecule has 12 heteroatoms. The molecule has 1 aliphatic heterocycles. The van der Waals surface area contributed by atoms with Crippen LogP contribution in [0.3, 0.4) is 0 Å². The molecule has 0 aliphatic carbocycles. The summed E-state index contributed by atoms with van der Waals surface area (Å²) in [4.78, 5) is 47.9. The van der Waals surface area contributed by atoms with Crippen LogP contribution in [0.5, 0.6) is 0 Å². The lowest BCUT2D eigenvalue weighted by atomic mass is 10.2. The minimum absolute atomic E-state index is 0.0248. The summed E-state index contributed by atoms with van der Waals surface area (Å²) in [7, 11) is 0. The van der Waals surface area contributed by atoms with Gasteiger partial charge in [0.05, 0.1) is 6.54 Å². The molecule has 1 rings (SSSR count). The SMILES string of the molecule is C[C@H](NC(=O)OC(C)(C)C)C(=O)NCC(=O)N[C@H](CS[C@H]1CCCCO1)C(=O)NN. The Labute approximate surface area is 180 Å². The molecule has 0 unspecified atom stereocenters. The molecule has 1 fully saturated rings. The second-order valence-corrected chi connectivity index (χ2v) is 9.04. The Balaban J connectivity index is 2.43. The number of hydrogen-bond acceptors (Lipinski definition) is 8. The summed E-state index contributed by atoms with van der Waals surface area (Å²) in [5.41, 5.74) is 1.31. The Morgan fingerprint density at radius 3 is 2.43 bits per heavy atom. The fraction of sp³-hybridized carbons (Fsp3) is 0.778. The van der Waals surface area contributed by atoms with Crippen LogP contribution in [0.1, 0.15) is 47.0 Å². The largest absolute Gasteiger partial charge is 0.444 e. The van der Waals surface area contributed by atoms with Crippen LogP contribution in [-0.2, 0) is 23.9 Å². The average molecular weight is 448 g/mol. The van der Waals surface area contributed by atoms with Gasteiger partial charge in [0.15, 0.2) is 0 Å². The van der Waals surface area contributed by atoms with Gasteiger partial charge in [-0.05, 0) is 47.0 Å². The maximum Gasteiger partial charge on any atom is 0.408 e. The van der Waals surface area contributed by atoms with Gasteiger partial charge in [0.25, 0.3) is 5.91 Å². The van der Waals surface area contributed by atoms with Crippen molar-refractivity contribution in [1.82, 2.24) is 21.4 Å². The Kier molecular flexibility index (Phi) is 10.9. The van der Waals surface area contributed by atoms with Gasteiger partial charge in [-0.15, -0.1) is 11.8 Å². The van der Waals surface area contributed by atoms with E-state index >= 15 is 0 Å². The van der Waals surface area contributed by atoms with Gasteiger partial charge in [0.2, 0.25) is 11.8 Å². The molecular formula is C18H33N5O6S. The van der Waals surface area contributed by atoms with Crippen molar-refractivity contribution in [2.24, 2.45) is 5.84 Å². The number of nitrogens with one attached hydrogen (secondary N) is 4. The third kappa shape index (κ3) is 10.6. The second-order valence-electron chi connectivity index (χ2n) is 7.84. The summed E-state index contributed by atoms with van der Waals surface area (Å²) < 4.78 is 10.7. The van der Waals surface area contributed by atoms with E-state index in [1.807, 2.05) is 5.43 Å². The average Bonchev–Trinajstić information content (AvgIpc) is 2.67. The van der Waals surface area contributed by atoms with Crippen LogP contribution in [0.2, 0.25) is 0 Å². The van der Waals surface area contributed by atoms with Crippen LogP contribution in [0.4, 0.5) is 4.79 Å². The summed E-state index contributed by atoms with van der Waals surface area (Å²) in [6.45, 7) is 6.89. The molecule has 0 aromatic heterocycles.